The normalized spacial score (nSPS) is 9.53. The van der Waals surface area contributed by atoms with Crippen LogP contribution in [-0.2, 0) is 11.3 Å². The van der Waals surface area contributed by atoms with Crippen LogP contribution in [0.15, 0.2) is 22.0 Å². The minimum absolute atomic E-state index is 0.292. The maximum atomic E-state index is 9.99. The van der Waals surface area contributed by atoms with Gasteiger partial charge in [0.05, 0.1) is 23.6 Å². The molecule has 0 saturated heterocycles. The summed E-state index contributed by atoms with van der Waals surface area (Å²) in [5, 5.41) is 0.528. The van der Waals surface area contributed by atoms with Crippen LogP contribution in [0, 0.1) is 0 Å². The molecule has 80 valence electrons. The fraction of sp³-hybridized carbons (Fsp3) is 0.300. The third-order valence-corrected chi connectivity index (χ3v) is 2.84. The summed E-state index contributed by atoms with van der Waals surface area (Å²) in [5.41, 5.74) is 0.869. The topological polar surface area (TPSA) is 38.7 Å². The van der Waals surface area contributed by atoms with Crippen molar-refractivity contribution in [1.29, 1.82) is 0 Å². The van der Waals surface area contributed by atoms with Crippen molar-refractivity contribution in [2.45, 2.75) is 11.4 Å². The van der Waals surface area contributed by atoms with E-state index < -0.39 is 0 Å². The van der Waals surface area contributed by atoms with E-state index in [0.29, 0.717) is 17.3 Å². The molecule has 1 rings (SSSR count). The maximum Gasteiger partial charge on any atom is 0.235 e. The average molecular weight is 244 g/mol. The first-order valence-electron chi connectivity index (χ1n) is 4.17. The number of hydrogen-bond donors (Lipinski definition) is 0. The third-order valence-electron chi connectivity index (χ3n) is 1.82. The number of hydrogen-bond acceptors (Lipinski definition) is 4. The van der Waals surface area contributed by atoms with E-state index in [1.54, 1.807) is 13.2 Å². The molecule has 0 fully saturated rings. The smallest absolute Gasteiger partial charge is 0.235 e. The molecule has 5 heteroatoms. The van der Waals surface area contributed by atoms with Gasteiger partial charge in [-0.3, -0.25) is 0 Å². The summed E-state index contributed by atoms with van der Waals surface area (Å²) >= 11 is 7.55. The Kier molecular flexibility index (Phi) is 4.69. The number of aliphatic imine (C=N–C) groups is 1. The lowest BCUT2D eigenvalue weighted by atomic mass is 10.2. The molecule has 1 aromatic rings. The van der Waals surface area contributed by atoms with E-state index in [9.17, 15) is 4.79 Å². The molecule has 0 aliphatic heterocycles. The summed E-state index contributed by atoms with van der Waals surface area (Å²) in [5.74, 6) is 0.656. The Hall–Kier alpha value is -0.960. The highest BCUT2D eigenvalue weighted by molar-refractivity contribution is 7.98. The second-order valence-electron chi connectivity index (χ2n) is 2.72. The lowest BCUT2D eigenvalue weighted by Gasteiger charge is -2.09. The molecule has 0 unspecified atom stereocenters. The van der Waals surface area contributed by atoms with Gasteiger partial charge in [0.15, 0.2) is 5.75 Å². The van der Waals surface area contributed by atoms with Crippen LogP contribution in [0.3, 0.4) is 0 Å². The van der Waals surface area contributed by atoms with Crippen LogP contribution in [0.25, 0.3) is 0 Å². The van der Waals surface area contributed by atoms with Crippen molar-refractivity contribution < 1.29 is 9.53 Å². The summed E-state index contributed by atoms with van der Waals surface area (Å²) in [6.45, 7) is 0.292. The molecule has 0 atom stereocenters. The Balaban J connectivity index is 3.12. The van der Waals surface area contributed by atoms with E-state index in [0.717, 1.165) is 10.5 Å². The second kappa shape index (κ2) is 5.81. The number of nitrogens with zero attached hydrogens (tertiary/aromatic N) is 1. The molecule has 0 amide bonds. The molecule has 0 aliphatic rings. The van der Waals surface area contributed by atoms with Crippen LogP contribution in [0.2, 0.25) is 5.02 Å². The van der Waals surface area contributed by atoms with Crippen molar-refractivity contribution in [2.24, 2.45) is 4.99 Å². The Labute approximate surface area is 97.5 Å². The molecule has 0 aliphatic carbocycles. The van der Waals surface area contributed by atoms with Gasteiger partial charge in [-0.2, -0.15) is 0 Å². The summed E-state index contributed by atoms with van der Waals surface area (Å²) < 4.78 is 5.17. The predicted molar refractivity (Wildman–Crippen MR) is 61.6 cm³/mol. The molecule has 0 heterocycles. The van der Waals surface area contributed by atoms with Crippen LogP contribution in [0.1, 0.15) is 5.56 Å². The van der Waals surface area contributed by atoms with Gasteiger partial charge in [0, 0.05) is 0 Å². The minimum Gasteiger partial charge on any atom is -0.494 e. The van der Waals surface area contributed by atoms with Crippen molar-refractivity contribution >= 4 is 29.4 Å². The van der Waals surface area contributed by atoms with Crippen molar-refractivity contribution in [3.63, 3.8) is 0 Å². The molecular weight excluding hydrogens is 234 g/mol. The van der Waals surface area contributed by atoms with Gasteiger partial charge in [-0.15, -0.1) is 11.8 Å². The maximum absolute atomic E-state index is 9.99. The molecular formula is C10H10ClNO2S. The van der Waals surface area contributed by atoms with E-state index in [-0.39, 0.29) is 0 Å². The lowest BCUT2D eigenvalue weighted by molar-refractivity contribution is 0.405. The molecule has 3 nitrogen and oxygen atoms in total. The predicted octanol–water partition coefficient (Wildman–Crippen LogP) is 2.91. The summed E-state index contributed by atoms with van der Waals surface area (Å²) in [6, 6.07) is 3.64. The fourth-order valence-corrected chi connectivity index (χ4v) is 2.21. The van der Waals surface area contributed by atoms with E-state index >= 15 is 0 Å². The van der Waals surface area contributed by atoms with Gasteiger partial charge in [0.1, 0.15) is 0 Å². The number of ether oxygens (including phenoxy) is 1. The van der Waals surface area contributed by atoms with Gasteiger partial charge < -0.3 is 4.74 Å². The van der Waals surface area contributed by atoms with Gasteiger partial charge in [0.2, 0.25) is 6.08 Å². The van der Waals surface area contributed by atoms with Crippen LogP contribution in [-0.4, -0.2) is 19.4 Å². The molecule has 0 aromatic heterocycles. The van der Waals surface area contributed by atoms with E-state index in [1.807, 2.05) is 12.3 Å². The summed E-state index contributed by atoms with van der Waals surface area (Å²) in [6.07, 6.45) is 3.43. The first-order valence-corrected chi connectivity index (χ1v) is 5.77. The molecule has 0 radical (unpaired) electrons. The van der Waals surface area contributed by atoms with Gasteiger partial charge >= 0.3 is 0 Å². The van der Waals surface area contributed by atoms with Gasteiger partial charge in [0.25, 0.3) is 0 Å². The largest absolute Gasteiger partial charge is 0.494 e. The number of methoxy groups -OCH3 is 1. The average Bonchev–Trinajstić information content (AvgIpc) is 2.25. The van der Waals surface area contributed by atoms with Crippen LogP contribution >= 0.6 is 23.4 Å². The van der Waals surface area contributed by atoms with Crippen molar-refractivity contribution in [2.75, 3.05) is 13.4 Å². The second-order valence-corrected chi connectivity index (χ2v) is 3.98. The van der Waals surface area contributed by atoms with Crippen LogP contribution in [0.5, 0.6) is 5.75 Å². The zero-order chi connectivity index (χ0) is 11.3. The molecule has 15 heavy (non-hydrogen) atoms. The summed E-state index contributed by atoms with van der Waals surface area (Å²) in [7, 11) is 1.57. The van der Waals surface area contributed by atoms with Crippen molar-refractivity contribution in [3.05, 3.63) is 22.7 Å². The molecule has 0 bridgehead atoms. The zero-order valence-electron chi connectivity index (χ0n) is 8.41. The Bertz CT molecular complexity index is 403. The molecule has 0 N–H and O–H groups in total. The van der Waals surface area contributed by atoms with E-state index in [4.69, 9.17) is 16.3 Å². The highest BCUT2D eigenvalue weighted by atomic mass is 35.5. The first kappa shape index (κ1) is 12.1. The van der Waals surface area contributed by atoms with Gasteiger partial charge in [-0.25, -0.2) is 9.79 Å². The highest BCUT2D eigenvalue weighted by Crippen LogP contribution is 2.35. The summed E-state index contributed by atoms with van der Waals surface area (Å²) in [4.78, 5) is 14.4. The van der Waals surface area contributed by atoms with Crippen LogP contribution < -0.4 is 4.74 Å². The van der Waals surface area contributed by atoms with Crippen molar-refractivity contribution in [3.8, 4) is 5.75 Å². The standard InChI is InChI=1S/C10H10ClNO2S/c1-14-10-8(11)3-7(5-12-6-13)4-9(10)15-2/h3-4H,5H2,1-2H3. The lowest BCUT2D eigenvalue weighted by Crippen LogP contribution is -1.90. The number of halogens is 1. The van der Waals surface area contributed by atoms with E-state index in [2.05, 4.69) is 4.99 Å². The number of isocyanates is 1. The van der Waals surface area contributed by atoms with Crippen molar-refractivity contribution in [1.82, 2.24) is 0 Å². The number of thioether (sulfide) groups is 1. The minimum atomic E-state index is 0.292. The Morgan fingerprint density at radius 2 is 2.33 bits per heavy atom. The molecule has 0 saturated carbocycles. The van der Waals surface area contributed by atoms with Crippen LogP contribution in [0.4, 0.5) is 0 Å². The fourth-order valence-electron chi connectivity index (χ4n) is 1.19. The monoisotopic (exact) mass is 243 g/mol. The van der Waals surface area contributed by atoms with E-state index in [1.165, 1.54) is 17.8 Å². The number of carbonyl (C=O) groups excluding carboxylic acids is 1. The molecule has 1 aromatic carbocycles. The van der Waals surface area contributed by atoms with Gasteiger partial charge in [-0.1, -0.05) is 11.6 Å². The Morgan fingerprint density at radius 3 is 2.87 bits per heavy atom. The quantitative estimate of drug-likeness (QED) is 0.464. The molecule has 0 spiro atoms. The number of rotatable bonds is 4. The number of benzene rings is 1. The Morgan fingerprint density at radius 1 is 1.60 bits per heavy atom. The SMILES string of the molecule is COc1c(Cl)cc(CN=C=O)cc1SC. The van der Waals surface area contributed by atoms with Gasteiger partial charge in [-0.05, 0) is 24.0 Å². The first-order chi connectivity index (χ1) is 7.22. The highest BCUT2D eigenvalue weighted by Gasteiger charge is 2.09. The zero-order valence-corrected chi connectivity index (χ0v) is 9.98. The third kappa shape index (κ3) is 2.99.